The molecule has 33 heavy (non-hydrogen) atoms. The Morgan fingerprint density at radius 3 is 2.45 bits per heavy atom. The predicted molar refractivity (Wildman–Crippen MR) is 116 cm³/mol. The number of halogens is 3. The largest absolute Gasteiger partial charge is 0.490 e. The van der Waals surface area contributed by atoms with Crippen molar-refractivity contribution in [3.05, 3.63) is 68.9 Å². The van der Waals surface area contributed by atoms with Crippen molar-refractivity contribution in [2.24, 2.45) is 0 Å². The average molecular weight is 478 g/mol. The van der Waals surface area contributed by atoms with Crippen LogP contribution in [0.1, 0.15) is 24.2 Å². The highest BCUT2D eigenvalue weighted by Gasteiger charge is 2.47. The molecule has 1 spiro atoms. The van der Waals surface area contributed by atoms with Crippen LogP contribution in [0.5, 0.6) is 0 Å². The Kier molecular flexibility index (Phi) is 6.35. The number of likely N-dealkylation sites (tertiary alicyclic amines) is 1. The average Bonchev–Trinajstić information content (AvgIpc) is 3.52. The number of thiophene rings is 1. The molecule has 7 nitrogen and oxygen atoms in total. The fraction of sp³-hybridized carbons (Fsp3) is 0.364. The molecule has 1 N–H and O–H groups in total. The maximum Gasteiger partial charge on any atom is 0.490 e. The quantitative estimate of drug-likeness (QED) is 0.620. The zero-order valence-electron chi connectivity index (χ0n) is 17.5. The van der Waals surface area contributed by atoms with E-state index in [1.807, 2.05) is 34.9 Å². The molecule has 2 aliphatic heterocycles. The molecule has 2 aromatic heterocycles. The van der Waals surface area contributed by atoms with Gasteiger partial charge in [0.05, 0.1) is 0 Å². The topological polar surface area (TPSA) is 88.3 Å². The molecule has 4 heterocycles. The maximum atomic E-state index is 13.0. The number of hydrogen-bond donors (Lipinski definition) is 1. The number of carbonyl (C=O) groups is 1. The van der Waals surface area contributed by atoms with Gasteiger partial charge in [0.25, 0.3) is 5.56 Å². The van der Waals surface area contributed by atoms with Crippen molar-refractivity contribution in [3.63, 3.8) is 0 Å². The summed E-state index contributed by atoms with van der Waals surface area (Å²) in [4.78, 5) is 24.4. The van der Waals surface area contributed by atoms with Gasteiger partial charge in [0.15, 0.2) is 5.69 Å². The van der Waals surface area contributed by atoms with Gasteiger partial charge in [-0.05, 0) is 41.8 Å². The lowest BCUT2D eigenvalue weighted by molar-refractivity contribution is -0.192. The van der Waals surface area contributed by atoms with Crippen LogP contribution in [0.15, 0.2) is 52.0 Å². The van der Waals surface area contributed by atoms with E-state index >= 15 is 0 Å². The van der Waals surface area contributed by atoms with Crippen LogP contribution in [0.3, 0.4) is 0 Å². The molecule has 1 saturated heterocycles. The number of hydrogen-bond acceptors (Lipinski definition) is 6. The van der Waals surface area contributed by atoms with Gasteiger partial charge in [0.1, 0.15) is 5.82 Å². The molecular weight excluding hydrogens is 457 g/mol. The molecule has 0 bridgehead atoms. The lowest BCUT2D eigenvalue weighted by Gasteiger charge is -2.22. The van der Waals surface area contributed by atoms with Gasteiger partial charge in [-0.3, -0.25) is 14.3 Å². The molecular formula is C22H21F3N4O3S. The Morgan fingerprint density at radius 2 is 1.82 bits per heavy atom. The molecule has 5 rings (SSSR count). The zero-order chi connectivity index (χ0) is 23.6. The number of benzene rings is 1. The van der Waals surface area contributed by atoms with E-state index in [2.05, 4.69) is 31.9 Å². The van der Waals surface area contributed by atoms with E-state index in [1.165, 1.54) is 5.56 Å². The third kappa shape index (κ3) is 4.83. The normalized spacial score (nSPS) is 19.8. The number of carboxylic acids is 1. The zero-order valence-corrected chi connectivity index (χ0v) is 18.3. The van der Waals surface area contributed by atoms with Crippen LogP contribution in [0.2, 0.25) is 0 Å². The predicted octanol–water partition coefficient (Wildman–Crippen LogP) is 3.55. The fourth-order valence-electron chi connectivity index (χ4n) is 4.35. The van der Waals surface area contributed by atoms with Crippen LogP contribution in [-0.2, 0) is 23.3 Å². The molecule has 1 unspecified atom stereocenters. The van der Waals surface area contributed by atoms with E-state index in [0.29, 0.717) is 5.69 Å². The Labute approximate surface area is 191 Å². The van der Waals surface area contributed by atoms with Crippen LogP contribution < -0.4 is 5.56 Å². The third-order valence-corrected chi connectivity index (χ3v) is 6.68. The molecule has 2 aliphatic rings. The van der Waals surface area contributed by atoms with E-state index < -0.39 is 12.1 Å². The highest BCUT2D eigenvalue weighted by atomic mass is 32.1. The van der Waals surface area contributed by atoms with Crippen LogP contribution >= 0.6 is 11.3 Å². The van der Waals surface area contributed by atoms with E-state index in [0.717, 1.165) is 50.4 Å². The van der Waals surface area contributed by atoms with Crippen molar-refractivity contribution >= 4 is 17.3 Å². The second-order valence-corrected chi connectivity index (χ2v) is 8.90. The fourth-order valence-corrected chi connectivity index (χ4v) is 5.01. The summed E-state index contributed by atoms with van der Waals surface area (Å²) < 4.78 is 33.6. The Morgan fingerprint density at radius 1 is 1.12 bits per heavy atom. The minimum Gasteiger partial charge on any atom is -0.475 e. The summed E-state index contributed by atoms with van der Waals surface area (Å²) in [7, 11) is 0. The van der Waals surface area contributed by atoms with Crippen LogP contribution in [-0.4, -0.2) is 50.0 Å². The Balaban J connectivity index is 0.000000325. The lowest BCUT2D eigenvalue weighted by atomic mass is 9.85. The van der Waals surface area contributed by atoms with Crippen molar-refractivity contribution in [3.8, 4) is 11.3 Å². The first-order valence-corrected chi connectivity index (χ1v) is 11.2. The Bertz CT molecular complexity index is 1180. The molecule has 1 aromatic carbocycles. The van der Waals surface area contributed by atoms with Crippen molar-refractivity contribution in [2.45, 2.75) is 37.5 Å². The first-order chi connectivity index (χ1) is 15.7. The van der Waals surface area contributed by atoms with Gasteiger partial charge >= 0.3 is 12.1 Å². The lowest BCUT2D eigenvalue weighted by Crippen LogP contribution is -2.33. The smallest absolute Gasteiger partial charge is 0.475 e. The van der Waals surface area contributed by atoms with Gasteiger partial charge in [0.2, 0.25) is 0 Å². The molecule has 0 radical (unpaired) electrons. The van der Waals surface area contributed by atoms with Crippen molar-refractivity contribution < 1.29 is 23.1 Å². The second-order valence-electron chi connectivity index (χ2n) is 8.12. The summed E-state index contributed by atoms with van der Waals surface area (Å²) in [5.74, 6) is -1.87. The summed E-state index contributed by atoms with van der Waals surface area (Å²) in [6.45, 7) is 3.73. The number of aromatic nitrogens is 3. The molecule has 174 valence electrons. The first-order valence-electron chi connectivity index (χ1n) is 10.3. The molecule has 1 atom stereocenters. The third-order valence-electron chi connectivity index (χ3n) is 5.95. The van der Waals surface area contributed by atoms with Crippen LogP contribution in [0.25, 0.3) is 11.3 Å². The number of rotatable bonds is 3. The van der Waals surface area contributed by atoms with Crippen LogP contribution in [0, 0.1) is 0 Å². The van der Waals surface area contributed by atoms with Gasteiger partial charge in [-0.2, -0.15) is 24.5 Å². The second kappa shape index (κ2) is 9.06. The summed E-state index contributed by atoms with van der Waals surface area (Å²) in [6, 6.07) is 11.8. The van der Waals surface area contributed by atoms with Crippen LogP contribution in [0.4, 0.5) is 13.2 Å². The minimum absolute atomic E-state index is 0.00522. The molecule has 1 fully saturated rings. The van der Waals surface area contributed by atoms with Crippen molar-refractivity contribution in [2.75, 3.05) is 13.1 Å². The van der Waals surface area contributed by atoms with Gasteiger partial charge < -0.3 is 5.11 Å². The summed E-state index contributed by atoms with van der Waals surface area (Å²) >= 11 is 1.74. The van der Waals surface area contributed by atoms with Gasteiger partial charge in [-0.1, -0.05) is 30.3 Å². The summed E-state index contributed by atoms with van der Waals surface area (Å²) in [5.41, 5.74) is 2.64. The monoisotopic (exact) mass is 478 g/mol. The van der Waals surface area contributed by atoms with E-state index in [1.54, 1.807) is 11.3 Å². The van der Waals surface area contributed by atoms with E-state index in [-0.39, 0.29) is 11.0 Å². The minimum atomic E-state index is -5.08. The van der Waals surface area contributed by atoms with E-state index in [9.17, 15) is 18.0 Å². The van der Waals surface area contributed by atoms with Gasteiger partial charge in [-0.15, -0.1) is 10.2 Å². The summed E-state index contributed by atoms with van der Waals surface area (Å²) in [5, 5.41) is 20.4. The SMILES string of the molecule is O=C(O)C(F)(F)F.O=c1c(-c2ccccc2)nnc2n1CCC21CCN(Cc2ccsc2)C1. The molecule has 0 saturated carbocycles. The van der Waals surface area contributed by atoms with Crippen molar-refractivity contribution in [1.82, 2.24) is 19.7 Å². The van der Waals surface area contributed by atoms with Crippen molar-refractivity contribution in [1.29, 1.82) is 0 Å². The first kappa shape index (κ1) is 23.1. The molecule has 11 heteroatoms. The number of alkyl halides is 3. The highest BCUT2D eigenvalue weighted by molar-refractivity contribution is 7.07. The Hall–Kier alpha value is -3.05. The standard InChI is InChI=1S/C20H20N4OS.C2HF3O2/c25-18-17(16-4-2-1-3-5-16)21-22-19-20(8-10-24(18)19)7-9-23(14-20)12-15-6-11-26-13-15;3-2(4,5)1(6)7/h1-6,11,13H,7-10,12,14H2;(H,6,7). The molecule has 3 aromatic rings. The number of aliphatic carboxylic acids is 1. The summed E-state index contributed by atoms with van der Waals surface area (Å²) in [6.07, 6.45) is -3.05. The van der Waals surface area contributed by atoms with Gasteiger partial charge in [0, 0.05) is 30.6 Å². The highest BCUT2D eigenvalue weighted by Crippen LogP contribution is 2.41. The van der Waals surface area contributed by atoms with Gasteiger partial charge in [-0.25, -0.2) is 4.79 Å². The maximum absolute atomic E-state index is 13.0. The van der Waals surface area contributed by atoms with E-state index in [4.69, 9.17) is 9.90 Å². The number of carboxylic acid groups (broad SMARTS) is 1. The number of fused-ring (bicyclic) bond motifs is 2. The molecule has 0 aliphatic carbocycles. The number of nitrogens with zero attached hydrogens (tertiary/aromatic N) is 4. The molecule has 0 amide bonds.